The van der Waals surface area contributed by atoms with Crippen LogP contribution in [-0.2, 0) is 33.3 Å². The van der Waals surface area contributed by atoms with Gasteiger partial charge in [-0.25, -0.2) is 4.98 Å². The summed E-state index contributed by atoms with van der Waals surface area (Å²) in [6.45, 7) is 3.48. The van der Waals surface area contributed by atoms with Crippen LogP contribution in [0.25, 0.3) is 11.0 Å². The number of esters is 3. The summed E-state index contributed by atoms with van der Waals surface area (Å²) in [6.07, 6.45) is -3.95. The van der Waals surface area contributed by atoms with Gasteiger partial charge in [-0.15, -0.1) is 0 Å². The average Bonchev–Trinajstić information content (AvgIpc) is 3.10. The fraction of sp³-hybridized carbons (Fsp3) is 0.444. The Balaban J connectivity index is 2.09. The first-order valence-electron chi connectivity index (χ1n) is 8.74. The van der Waals surface area contributed by atoms with E-state index in [1.165, 1.54) is 25.3 Å². The van der Waals surface area contributed by atoms with Gasteiger partial charge in [0.15, 0.2) is 18.4 Å². The van der Waals surface area contributed by atoms with Crippen molar-refractivity contribution in [1.29, 1.82) is 0 Å². The summed E-state index contributed by atoms with van der Waals surface area (Å²) >= 11 is 13.2. The number of benzene rings is 1. The molecule has 162 valence electrons. The smallest absolute Gasteiger partial charge is 0.303 e. The summed E-state index contributed by atoms with van der Waals surface area (Å²) in [6, 6.07) is 3.53. The molecular weight excluding hydrogens is 551 g/mol. The van der Waals surface area contributed by atoms with Crippen LogP contribution in [0.15, 0.2) is 21.1 Å². The van der Waals surface area contributed by atoms with E-state index in [0.717, 1.165) is 8.95 Å². The van der Waals surface area contributed by atoms with Crippen LogP contribution in [0.3, 0.4) is 0 Å². The lowest BCUT2D eigenvalue weighted by atomic mass is 10.1. The molecule has 9 nitrogen and oxygen atoms in total. The Hall–Kier alpha value is -1.69. The number of fused-ring (bicyclic) bond motifs is 1. The largest absolute Gasteiger partial charge is 0.463 e. The van der Waals surface area contributed by atoms with E-state index in [1.807, 2.05) is 0 Å². The number of imidazole rings is 1. The van der Waals surface area contributed by atoms with Gasteiger partial charge in [-0.05, 0) is 55.6 Å². The van der Waals surface area contributed by atoms with Crippen LogP contribution in [0, 0.1) is 0 Å². The van der Waals surface area contributed by atoms with Crippen molar-refractivity contribution in [3.05, 3.63) is 26.4 Å². The van der Waals surface area contributed by atoms with Crippen molar-refractivity contribution in [2.75, 3.05) is 6.61 Å². The highest BCUT2D eigenvalue weighted by Gasteiger charge is 2.51. The van der Waals surface area contributed by atoms with Crippen molar-refractivity contribution in [1.82, 2.24) is 9.55 Å². The molecular formula is C18H17Br2ClN2O7. The number of nitrogens with zero attached hydrogens (tertiary/aromatic N) is 2. The van der Waals surface area contributed by atoms with Gasteiger partial charge in [-0.2, -0.15) is 0 Å². The minimum Gasteiger partial charge on any atom is -0.463 e. The zero-order chi connectivity index (χ0) is 22.2. The molecule has 1 aromatic carbocycles. The minimum absolute atomic E-state index is 0.0758. The van der Waals surface area contributed by atoms with E-state index >= 15 is 0 Å². The van der Waals surface area contributed by atoms with Crippen LogP contribution in [0.1, 0.15) is 27.0 Å². The summed E-state index contributed by atoms with van der Waals surface area (Å²) in [7, 11) is 0. The SMILES string of the molecule is CC(=O)OC[C@H]1O[C@@H](n2c(Cl)nc3cc(Br)c(Br)cc32)[C@H](OC(C)=O)[C@@H]1OC(C)=O. The third kappa shape index (κ3) is 4.79. The molecule has 0 radical (unpaired) electrons. The Kier molecular flexibility index (Phi) is 7.05. The Morgan fingerprint density at radius 1 is 1.07 bits per heavy atom. The van der Waals surface area contributed by atoms with Crippen molar-refractivity contribution in [3.63, 3.8) is 0 Å². The molecule has 0 unspecified atom stereocenters. The summed E-state index contributed by atoms with van der Waals surface area (Å²) < 4.78 is 24.9. The minimum atomic E-state index is -1.05. The van der Waals surface area contributed by atoms with E-state index in [0.29, 0.717) is 11.0 Å². The molecule has 4 atom stereocenters. The Bertz CT molecular complexity index is 1010. The lowest BCUT2D eigenvalue weighted by molar-refractivity contribution is -0.166. The van der Waals surface area contributed by atoms with Gasteiger partial charge < -0.3 is 18.9 Å². The number of rotatable bonds is 5. The van der Waals surface area contributed by atoms with Gasteiger partial charge in [0.1, 0.15) is 12.7 Å². The van der Waals surface area contributed by atoms with E-state index in [2.05, 4.69) is 36.8 Å². The van der Waals surface area contributed by atoms with Gasteiger partial charge in [0.2, 0.25) is 5.28 Å². The quantitative estimate of drug-likeness (QED) is 0.399. The molecule has 3 rings (SSSR count). The fourth-order valence-corrected chi connectivity index (χ4v) is 4.14. The standard InChI is InChI=1S/C18H17Br2ClN2O7/c1-7(24)27-6-14-15(28-8(2)25)16(29-9(3)26)17(30-14)23-13-5-11(20)10(19)4-12(13)22-18(23)21/h4-5,14-17H,6H2,1-3H3/t14-,15-,16-,17-/m1/s1. The van der Waals surface area contributed by atoms with Crippen molar-refractivity contribution in [2.45, 2.75) is 45.3 Å². The van der Waals surface area contributed by atoms with Crippen LogP contribution >= 0.6 is 43.5 Å². The maximum Gasteiger partial charge on any atom is 0.303 e. The third-order valence-corrected chi connectivity index (χ3v) is 6.39. The van der Waals surface area contributed by atoms with E-state index in [1.54, 1.807) is 12.1 Å². The van der Waals surface area contributed by atoms with Crippen LogP contribution in [0.5, 0.6) is 0 Å². The number of carbonyl (C=O) groups excluding carboxylic acids is 3. The maximum absolute atomic E-state index is 11.8. The van der Waals surface area contributed by atoms with Crippen molar-refractivity contribution < 1.29 is 33.3 Å². The summed E-state index contributed by atoms with van der Waals surface area (Å²) in [5.74, 6) is -1.75. The third-order valence-electron chi connectivity index (χ3n) is 4.28. The first-order chi connectivity index (χ1) is 14.1. The monoisotopic (exact) mass is 566 g/mol. The van der Waals surface area contributed by atoms with Gasteiger partial charge in [-0.3, -0.25) is 19.0 Å². The number of halogens is 3. The number of hydrogen-bond donors (Lipinski definition) is 0. The molecule has 1 saturated heterocycles. The molecule has 2 heterocycles. The van der Waals surface area contributed by atoms with Gasteiger partial charge in [0.05, 0.1) is 11.0 Å². The van der Waals surface area contributed by atoms with Crippen LogP contribution in [0.2, 0.25) is 5.28 Å². The van der Waals surface area contributed by atoms with Crippen LogP contribution < -0.4 is 0 Å². The lowest BCUT2D eigenvalue weighted by Crippen LogP contribution is -2.40. The second-order valence-corrected chi connectivity index (χ2v) is 8.57. The van der Waals surface area contributed by atoms with Crippen LogP contribution in [-0.4, -0.2) is 52.4 Å². The zero-order valence-corrected chi connectivity index (χ0v) is 20.0. The molecule has 0 bridgehead atoms. The van der Waals surface area contributed by atoms with Crippen molar-refractivity contribution in [2.24, 2.45) is 0 Å². The second-order valence-electron chi connectivity index (χ2n) is 6.52. The number of ether oxygens (including phenoxy) is 4. The molecule has 2 aromatic rings. The van der Waals surface area contributed by atoms with Gasteiger partial charge in [0, 0.05) is 29.7 Å². The predicted molar refractivity (Wildman–Crippen MR) is 112 cm³/mol. The van der Waals surface area contributed by atoms with E-state index in [9.17, 15) is 14.4 Å². The van der Waals surface area contributed by atoms with Gasteiger partial charge in [0.25, 0.3) is 0 Å². The van der Waals surface area contributed by atoms with E-state index < -0.39 is 42.4 Å². The zero-order valence-electron chi connectivity index (χ0n) is 16.1. The molecule has 0 N–H and O–H groups in total. The first-order valence-corrected chi connectivity index (χ1v) is 10.7. The number of carbonyl (C=O) groups is 3. The average molecular weight is 569 g/mol. The highest BCUT2D eigenvalue weighted by Crippen LogP contribution is 2.39. The first kappa shape index (κ1) is 23.0. The fourth-order valence-electron chi connectivity index (χ4n) is 3.20. The molecule has 1 fully saturated rings. The molecule has 30 heavy (non-hydrogen) atoms. The van der Waals surface area contributed by atoms with E-state index in [4.69, 9.17) is 30.5 Å². The summed E-state index contributed by atoms with van der Waals surface area (Å²) in [4.78, 5) is 39.1. The molecule has 1 aliphatic heterocycles. The lowest BCUT2D eigenvalue weighted by Gasteiger charge is -2.24. The van der Waals surface area contributed by atoms with Crippen LogP contribution in [0.4, 0.5) is 0 Å². The Morgan fingerprint density at radius 3 is 2.27 bits per heavy atom. The van der Waals surface area contributed by atoms with E-state index in [-0.39, 0.29) is 11.9 Å². The van der Waals surface area contributed by atoms with Gasteiger partial charge >= 0.3 is 17.9 Å². The predicted octanol–water partition coefficient (Wildman–Crippen LogP) is 3.54. The molecule has 0 spiro atoms. The highest BCUT2D eigenvalue weighted by molar-refractivity contribution is 9.13. The number of hydrogen-bond acceptors (Lipinski definition) is 8. The highest BCUT2D eigenvalue weighted by atomic mass is 79.9. The molecule has 1 aromatic heterocycles. The normalized spacial score (nSPS) is 23.4. The number of aromatic nitrogens is 2. The summed E-state index contributed by atoms with van der Waals surface area (Å²) in [5.41, 5.74) is 1.15. The Labute approximate surface area is 193 Å². The summed E-state index contributed by atoms with van der Waals surface area (Å²) in [5, 5.41) is 0.0758. The topological polar surface area (TPSA) is 106 Å². The van der Waals surface area contributed by atoms with Crippen molar-refractivity contribution >= 4 is 72.4 Å². The molecule has 0 aliphatic carbocycles. The van der Waals surface area contributed by atoms with Crippen molar-refractivity contribution in [3.8, 4) is 0 Å². The molecule has 1 aliphatic rings. The molecule has 0 amide bonds. The van der Waals surface area contributed by atoms with Gasteiger partial charge in [-0.1, -0.05) is 0 Å². The second kappa shape index (κ2) is 9.21. The molecule has 0 saturated carbocycles. The maximum atomic E-state index is 11.8. The molecule has 12 heteroatoms. The Morgan fingerprint density at radius 2 is 1.67 bits per heavy atom.